The first-order valence-corrected chi connectivity index (χ1v) is 7.27. The average Bonchev–Trinajstić information content (AvgIpc) is 2.25. The Bertz CT molecular complexity index is 401. The quantitative estimate of drug-likeness (QED) is 0.856. The number of aromatic nitrogens is 1. The van der Waals surface area contributed by atoms with Gasteiger partial charge in [-0.2, -0.15) is 0 Å². The lowest BCUT2D eigenvalue weighted by Crippen LogP contribution is -2.32. The summed E-state index contributed by atoms with van der Waals surface area (Å²) in [7, 11) is 0. The standard InChI is InChI=1S/C16H29N3/c1-11(2)9-19(10-12(3)4)16-7-13(5)18-14(6)15(16)8-17/h7,11-12H,8-10,17H2,1-6H3. The van der Waals surface area contributed by atoms with Gasteiger partial charge in [-0.1, -0.05) is 27.7 Å². The number of hydrogen-bond donors (Lipinski definition) is 1. The highest BCUT2D eigenvalue weighted by Crippen LogP contribution is 2.25. The van der Waals surface area contributed by atoms with Gasteiger partial charge in [-0.15, -0.1) is 0 Å². The first kappa shape index (κ1) is 16.0. The number of pyridine rings is 1. The number of aryl methyl sites for hydroxylation is 2. The molecule has 0 unspecified atom stereocenters. The van der Waals surface area contributed by atoms with E-state index in [-0.39, 0.29) is 0 Å². The molecule has 108 valence electrons. The molecule has 19 heavy (non-hydrogen) atoms. The van der Waals surface area contributed by atoms with Crippen LogP contribution in [-0.4, -0.2) is 18.1 Å². The van der Waals surface area contributed by atoms with E-state index in [1.807, 2.05) is 0 Å². The number of anilines is 1. The maximum atomic E-state index is 5.93. The van der Waals surface area contributed by atoms with Crippen molar-refractivity contribution in [1.29, 1.82) is 0 Å². The van der Waals surface area contributed by atoms with E-state index < -0.39 is 0 Å². The van der Waals surface area contributed by atoms with E-state index >= 15 is 0 Å². The molecule has 0 fully saturated rings. The summed E-state index contributed by atoms with van der Waals surface area (Å²) in [5.74, 6) is 1.27. The fourth-order valence-electron chi connectivity index (χ4n) is 2.52. The van der Waals surface area contributed by atoms with Crippen LogP contribution in [0.5, 0.6) is 0 Å². The fourth-order valence-corrected chi connectivity index (χ4v) is 2.52. The lowest BCUT2D eigenvalue weighted by atomic mass is 10.1. The molecule has 3 heteroatoms. The summed E-state index contributed by atoms with van der Waals surface area (Å²) in [5, 5.41) is 0. The summed E-state index contributed by atoms with van der Waals surface area (Å²) in [4.78, 5) is 7.01. The van der Waals surface area contributed by atoms with E-state index in [1.165, 1.54) is 11.3 Å². The molecule has 0 amide bonds. The van der Waals surface area contributed by atoms with Gasteiger partial charge in [0.1, 0.15) is 0 Å². The van der Waals surface area contributed by atoms with Gasteiger partial charge in [0.2, 0.25) is 0 Å². The van der Waals surface area contributed by atoms with Gasteiger partial charge >= 0.3 is 0 Å². The Labute approximate surface area is 118 Å². The zero-order valence-corrected chi connectivity index (χ0v) is 13.3. The summed E-state index contributed by atoms with van der Waals surface area (Å²) < 4.78 is 0. The third-order valence-corrected chi connectivity index (χ3v) is 3.15. The second-order valence-corrected chi connectivity index (χ2v) is 6.24. The monoisotopic (exact) mass is 263 g/mol. The Balaban J connectivity index is 3.19. The summed E-state index contributed by atoms with van der Waals surface area (Å²) >= 11 is 0. The van der Waals surface area contributed by atoms with Gasteiger partial charge in [0.15, 0.2) is 0 Å². The molecular formula is C16H29N3. The van der Waals surface area contributed by atoms with Crippen LogP contribution in [0.3, 0.4) is 0 Å². The summed E-state index contributed by atoms with van der Waals surface area (Å²) in [5.41, 5.74) is 10.5. The van der Waals surface area contributed by atoms with E-state index in [9.17, 15) is 0 Å². The van der Waals surface area contributed by atoms with E-state index in [2.05, 4.69) is 57.5 Å². The maximum Gasteiger partial charge on any atom is 0.0448 e. The minimum atomic E-state index is 0.557. The van der Waals surface area contributed by atoms with Crippen molar-refractivity contribution in [2.75, 3.05) is 18.0 Å². The van der Waals surface area contributed by atoms with Crippen LogP contribution in [-0.2, 0) is 6.54 Å². The molecule has 0 radical (unpaired) electrons. The zero-order valence-electron chi connectivity index (χ0n) is 13.3. The van der Waals surface area contributed by atoms with Gasteiger partial charge in [0.25, 0.3) is 0 Å². The first-order valence-electron chi connectivity index (χ1n) is 7.27. The van der Waals surface area contributed by atoms with Crippen LogP contribution in [0.15, 0.2) is 6.07 Å². The van der Waals surface area contributed by atoms with Crippen LogP contribution < -0.4 is 10.6 Å². The predicted molar refractivity (Wildman–Crippen MR) is 83.5 cm³/mol. The van der Waals surface area contributed by atoms with Gasteiger partial charge in [-0.3, -0.25) is 4.98 Å². The van der Waals surface area contributed by atoms with Gasteiger partial charge in [-0.25, -0.2) is 0 Å². The van der Waals surface area contributed by atoms with Crippen molar-refractivity contribution >= 4 is 5.69 Å². The molecule has 0 aromatic carbocycles. The van der Waals surface area contributed by atoms with Crippen LogP contribution in [0.2, 0.25) is 0 Å². The molecule has 0 saturated heterocycles. The Kier molecular flexibility index (Phi) is 5.80. The summed E-state index contributed by atoms with van der Waals surface area (Å²) in [6.45, 7) is 15.8. The third kappa shape index (κ3) is 4.50. The number of hydrogen-bond acceptors (Lipinski definition) is 3. The molecule has 1 rings (SSSR count). The molecular weight excluding hydrogens is 234 g/mol. The Hall–Kier alpha value is -1.09. The van der Waals surface area contributed by atoms with Gasteiger partial charge < -0.3 is 10.6 Å². The van der Waals surface area contributed by atoms with Crippen LogP contribution in [0, 0.1) is 25.7 Å². The molecule has 0 aliphatic rings. The Morgan fingerprint density at radius 2 is 1.63 bits per heavy atom. The molecule has 0 aliphatic carbocycles. The van der Waals surface area contributed by atoms with Crippen molar-refractivity contribution in [2.24, 2.45) is 17.6 Å². The Morgan fingerprint density at radius 1 is 1.11 bits per heavy atom. The lowest BCUT2D eigenvalue weighted by molar-refractivity contribution is 0.551. The van der Waals surface area contributed by atoms with Crippen molar-refractivity contribution in [3.05, 3.63) is 23.0 Å². The zero-order chi connectivity index (χ0) is 14.6. The molecule has 0 aliphatic heterocycles. The van der Waals surface area contributed by atoms with E-state index in [1.54, 1.807) is 0 Å². The first-order chi connectivity index (χ1) is 8.85. The highest BCUT2D eigenvalue weighted by atomic mass is 15.1. The van der Waals surface area contributed by atoms with Crippen LogP contribution >= 0.6 is 0 Å². The topological polar surface area (TPSA) is 42.1 Å². The average molecular weight is 263 g/mol. The predicted octanol–water partition coefficient (Wildman–Crippen LogP) is 3.28. The van der Waals surface area contributed by atoms with E-state index in [0.29, 0.717) is 18.4 Å². The highest BCUT2D eigenvalue weighted by Gasteiger charge is 2.16. The van der Waals surface area contributed by atoms with Crippen molar-refractivity contribution in [3.8, 4) is 0 Å². The van der Waals surface area contributed by atoms with Crippen LogP contribution in [0.1, 0.15) is 44.6 Å². The highest BCUT2D eigenvalue weighted by molar-refractivity contribution is 5.56. The van der Waals surface area contributed by atoms with Gasteiger partial charge in [-0.05, 0) is 31.7 Å². The molecule has 1 aromatic heterocycles. The maximum absolute atomic E-state index is 5.93. The molecule has 0 saturated carbocycles. The summed E-state index contributed by atoms with van der Waals surface area (Å²) in [6.07, 6.45) is 0. The largest absolute Gasteiger partial charge is 0.371 e. The number of nitrogens with zero attached hydrogens (tertiary/aromatic N) is 2. The second kappa shape index (κ2) is 6.90. The van der Waals surface area contributed by atoms with Crippen LogP contribution in [0.25, 0.3) is 0 Å². The molecule has 0 bridgehead atoms. The minimum absolute atomic E-state index is 0.557. The number of nitrogens with two attached hydrogens (primary N) is 1. The van der Waals surface area contributed by atoms with Gasteiger partial charge in [0, 0.05) is 42.3 Å². The fraction of sp³-hybridized carbons (Fsp3) is 0.688. The van der Waals surface area contributed by atoms with Crippen molar-refractivity contribution in [3.63, 3.8) is 0 Å². The molecule has 1 heterocycles. The Morgan fingerprint density at radius 3 is 2.05 bits per heavy atom. The summed E-state index contributed by atoms with van der Waals surface area (Å²) in [6, 6.07) is 2.18. The lowest BCUT2D eigenvalue weighted by Gasteiger charge is -2.31. The molecule has 0 atom stereocenters. The second-order valence-electron chi connectivity index (χ2n) is 6.24. The minimum Gasteiger partial charge on any atom is -0.371 e. The van der Waals surface area contributed by atoms with E-state index in [0.717, 1.165) is 24.5 Å². The molecule has 3 nitrogen and oxygen atoms in total. The SMILES string of the molecule is Cc1cc(N(CC(C)C)CC(C)C)c(CN)c(C)n1. The van der Waals surface area contributed by atoms with E-state index in [4.69, 9.17) is 5.73 Å². The normalized spacial score (nSPS) is 11.4. The molecule has 1 aromatic rings. The number of rotatable bonds is 6. The van der Waals surface area contributed by atoms with Crippen molar-refractivity contribution in [2.45, 2.75) is 48.1 Å². The molecule has 0 spiro atoms. The third-order valence-electron chi connectivity index (χ3n) is 3.15. The van der Waals surface area contributed by atoms with Crippen molar-refractivity contribution in [1.82, 2.24) is 4.98 Å². The smallest absolute Gasteiger partial charge is 0.0448 e. The van der Waals surface area contributed by atoms with Crippen molar-refractivity contribution < 1.29 is 0 Å². The van der Waals surface area contributed by atoms with Gasteiger partial charge in [0.05, 0.1) is 0 Å². The van der Waals surface area contributed by atoms with Crippen LogP contribution in [0.4, 0.5) is 5.69 Å². The molecule has 2 N–H and O–H groups in total.